The Morgan fingerprint density at radius 3 is 2.45 bits per heavy atom. The maximum atomic E-state index is 12.9. The van der Waals surface area contributed by atoms with Gasteiger partial charge in [-0.3, -0.25) is 19.7 Å². The van der Waals surface area contributed by atoms with Crippen LogP contribution >= 0.6 is 11.3 Å². The molecule has 2 aromatic carbocycles. The average molecular weight is 435 g/mol. The lowest BCUT2D eigenvalue weighted by Crippen LogP contribution is -2.30. The third-order valence-electron chi connectivity index (χ3n) is 4.59. The molecule has 1 N–H and O–H groups in total. The van der Waals surface area contributed by atoms with Gasteiger partial charge >= 0.3 is 0 Å². The number of rotatable bonds is 5. The first kappa shape index (κ1) is 20.4. The lowest BCUT2D eigenvalue weighted by Gasteiger charge is -2.09. The second-order valence-electron chi connectivity index (χ2n) is 6.94. The molecule has 10 heteroatoms. The van der Waals surface area contributed by atoms with Gasteiger partial charge in [0, 0.05) is 23.4 Å². The smallest absolute Gasteiger partial charge is 0.294 e. The zero-order valence-electron chi connectivity index (χ0n) is 16.7. The van der Waals surface area contributed by atoms with E-state index in [2.05, 4.69) is 15.4 Å². The quantitative estimate of drug-likeness (QED) is 0.377. The first-order valence-corrected chi connectivity index (χ1v) is 10.1. The third kappa shape index (κ3) is 4.19. The number of hydrogen-bond acceptors (Lipinski definition) is 7. The van der Waals surface area contributed by atoms with Crippen molar-refractivity contribution in [2.45, 2.75) is 20.4 Å². The standard InChI is InChI=1S/C21H17N5O4S/c1-12-3-5-14(6-4-12)18-20-19(22-13(2)31-20)21(28)25(24-18)11-17(27)23-15-7-9-16(10-8-15)26(29)30/h3-10H,11H2,1-2H3,(H,23,27). The van der Waals surface area contributed by atoms with E-state index in [1.807, 2.05) is 38.1 Å². The molecule has 0 fully saturated rings. The summed E-state index contributed by atoms with van der Waals surface area (Å²) in [6.07, 6.45) is 0. The number of benzene rings is 2. The molecule has 0 saturated heterocycles. The molecule has 0 aliphatic rings. The molecule has 2 aromatic heterocycles. The molecule has 156 valence electrons. The zero-order chi connectivity index (χ0) is 22.1. The number of carbonyl (C=O) groups is 1. The predicted octanol–water partition coefficient (Wildman–Crippen LogP) is 3.68. The molecule has 0 aliphatic heterocycles. The maximum absolute atomic E-state index is 12.9. The lowest BCUT2D eigenvalue weighted by molar-refractivity contribution is -0.384. The number of nitrogens with zero attached hydrogens (tertiary/aromatic N) is 4. The van der Waals surface area contributed by atoms with Crippen LogP contribution in [0.2, 0.25) is 0 Å². The minimum atomic E-state index is -0.521. The number of non-ortho nitro benzene ring substituents is 1. The van der Waals surface area contributed by atoms with Crippen LogP contribution in [0.15, 0.2) is 53.3 Å². The lowest BCUT2D eigenvalue weighted by atomic mass is 10.1. The number of nitrogens with one attached hydrogen (secondary N) is 1. The number of aryl methyl sites for hydroxylation is 2. The Morgan fingerprint density at radius 2 is 1.81 bits per heavy atom. The first-order chi connectivity index (χ1) is 14.8. The highest BCUT2D eigenvalue weighted by molar-refractivity contribution is 7.19. The molecular formula is C21H17N5O4S. The van der Waals surface area contributed by atoms with Crippen LogP contribution in [0.3, 0.4) is 0 Å². The molecule has 0 unspecified atom stereocenters. The Morgan fingerprint density at radius 1 is 1.13 bits per heavy atom. The monoisotopic (exact) mass is 435 g/mol. The van der Waals surface area contributed by atoms with Gasteiger partial charge in [-0.25, -0.2) is 9.67 Å². The average Bonchev–Trinajstić information content (AvgIpc) is 3.13. The molecule has 31 heavy (non-hydrogen) atoms. The van der Waals surface area contributed by atoms with Crippen LogP contribution < -0.4 is 10.9 Å². The van der Waals surface area contributed by atoms with Gasteiger partial charge in [0.15, 0.2) is 5.52 Å². The van der Waals surface area contributed by atoms with Crippen LogP contribution in [-0.2, 0) is 11.3 Å². The summed E-state index contributed by atoms with van der Waals surface area (Å²) in [6, 6.07) is 13.2. The van der Waals surface area contributed by atoms with E-state index in [0.29, 0.717) is 16.1 Å². The van der Waals surface area contributed by atoms with E-state index >= 15 is 0 Å². The Hall–Kier alpha value is -3.92. The number of nitro groups is 1. The van der Waals surface area contributed by atoms with Gasteiger partial charge in [0.05, 0.1) is 14.6 Å². The van der Waals surface area contributed by atoms with Gasteiger partial charge in [0.25, 0.3) is 11.2 Å². The van der Waals surface area contributed by atoms with Crippen molar-refractivity contribution >= 4 is 38.8 Å². The summed E-state index contributed by atoms with van der Waals surface area (Å²) < 4.78 is 1.77. The van der Waals surface area contributed by atoms with Crippen LogP contribution in [0.25, 0.3) is 21.5 Å². The van der Waals surface area contributed by atoms with Gasteiger partial charge in [0.1, 0.15) is 12.2 Å². The number of aromatic nitrogens is 3. The second-order valence-corrected chi connectivity index (χ2v) is 8.14. The fourth-order valence-corrected chi connectivity index (χ4v) is 3.99. The highest BCUT2D eigenvalue weighted by Crippen LogP contribution is 2.29. The molecule has 4 rings (SSSR count). The summed E-state index contributed by atoms with van der Waals surface area (Å²) in [6.45, 7) is 3.48. The van der Waals surface area contributed by atoms with E-state index in [0.717, 1.165) is 20.8 Å². The molecule has 9 nitrogen and oxygen atoms in total. The number of thiazole rings is 1. The predicted molar refractivity (Wildman–Crippen MR) is 118 cm³/mol. The second kappa shape index (κ2) is 8.07. The Kier molecular flexibility index (Phi) is 5.30. The van der Waals surface area contributed by atoms with Gasteiger partial charge in [0.2, 0.25) is 5.91 Å². The van der Waals surface area contributed by atoms with E-state index < -0.39 is 16.4 Å². The number of fused-ring (bicyclic) bond motifs is 1. The molecule has 4 aromatic rings. The van der Waals surface area contributed by atoms with E-state index in [1.165, 1.54) is 35.6 Å². The van der Waals surface area contributed by atoms with Gasteiger partial charge in [-0.1, -0.05) is 29.8 Å². The van der Waals surface area contributed by atoms with E-state index in [4.69, 9.17) is 0 Å². The van der Waals surface area contributed by atoms with Crippen molar-refractivity contribution in [3.63, 3.8) is 0 Å². The van der Waals surface area contributed by atoms with Gasteiger partial charge in [-0.15, -0.1) is 11.3 Å². The van der Waals surface area contributed by atoms with Crippen molar-refractivity contribution in [3.05, 3.63) is 79.6 Å². The van der Waals surface area contributed by atoms with E-state index in [-0.39, 0.29) is 17.7 Å². The Bertz CT molecular complexity index is 1360. The minimum Gasteiger partial charge on any atom is -0.324 e. The number of anilines is 1. The summed E-state index contributed by atoms with van der Waals surface area (Å²) in [5, 5.41) is 18.6. The Labute approximate surface area is 180 Å². The van der Waals surface area contributed by atoms with Crippen molar-refractivity contribution in [2.24, 2.45) is 0 Å². The Balaban J connectivity index is 1.67. The highest BCUT2D eigenvalue weighted by atomic mass is 32.1. The topological polar surface area (TPSA) is 120 Å². The van der Waals surface area contributed by atoms with Gasteiger partial charge < -0.3 is 5.32 Å². The van der Waals surface area contributed by atoms with Crippen LogP contribution in [0.1, 0.15) is 10.6 Å². The molecule has 0 bridgehead atoms. The number of hydrogen-bond donors (Lipinski definition) is 1. The van der Waals surface area contributed by atoms with Crippen molar-refractivity contribution in [1.82, 2.24) is 14.8 Å². The van der Waals surface area contributed by atoms with Crippen LogP contribution in [0.4, 0.5) is 11.4 Å². The van der Waals surface area contributed by atoms with E-state index in [1.54, 1.807) is 0 Å². The summed E-state index contributed by atoms with van der Waals surface area (Å²) in [7, 11) is 0. The normalized spacial score (nSPS) is 10.9. The minimum absolute atomic E-state index is 0.0806. The molecule has 0 aliphatic carbocycles. The summed E-state index contributed by atoms with van der Waals surface area (Å²) >= 11 is 1.38. The van der Waals surface area contributed by atoms with Crippen LogP contribution in [0.5, 0.6) is 0 Å². The van der Waals surface area contributed by atoms with Crippen molar-refractivity contribution in [3.8, 4) is 11.3 Å². The first-order valence-electron chi connectivity index (χ1n) is 9.31. The number of nitro benzene ring substituents is 1. The SMILES string of the molecule is Cc1ccc(-c2nn(CC(=O)Nc3ccc([N+](=O)[O-])cc3)c(=O)c3nc(C)sc23)cc1. The summed E-state index contributed by atoms with van der Waals surface area (Å²) in [5.41, 5.74) is 2.63. The number of amides is 1. The summed E-state index contributed by atoms with van der Waals surface area (Å²) in [4.78, 5) is 40.0. The van der Waals surface area contributed by atoms with E-state index in [9.17, 15) is 19.7 Å². The molecule has 2 heterocycles. The largest absolute Gasteiger partial charge is 0.324 e. The van der Waals surface area contributed by atoms with Crippen LogP contribution in [0, 0.1) is 24.0 Å². The molecule has 0 spiro atoms. The maximum Gasteiger partial charge on any atom is 0.294 e. The highest BCUT2D eigenvalue weighted by Gasteiger charge is 2.18. The van der Waals surface area contributed by atoms with Crippen molar-refractivity contribution < 1.29 is 9.72 Å². The van der Waals surface area contributed by atoms with Crippen molar-refractivity contribution in [1.29, 1.82) is 0 Å². The fourth-order valence-electron chi connectivity index (χ4n) is 3.08. The molecule has 0 atom stereocenters. The van der Waals surface area contributed by atoms with Crippen molar-refractivity contribution in [2.75, 3.05) is 5.32 Å². The van der Waals surface area contributed by atoms with Crippen LogP contribution in [-0.4, -0.2) is 25.6 Å². The molecule has 0 radical (unpaired) electrons. The summed E-state index contributed by atoms with van der Waals surface area (Å²) in [5.74, 6) is -0.482. The fraction of sp³-hybridized carbons (Fsp3) is 0.143. The zero-order valence-corrected chi connectivity index (χ0v) is 17.5. The molecule has 0 saturated carbocycles. The third-order valence-corrected chi connectivity index (χ3v) is 5.56. The molecular weight excluding hydrogens is 418 g/mol. The van der Waals surface area contributed by atoms with Gasteiger partial charge in [-0.05, 0) is 26.0 Å². The van der Waals surface area contributed by atoms with Gasteiger partial charge in [-0.2, -0.15) is 5.10 Å². The molecule has 1 amide bonds. The number of carbonyl (C=O) groups excluding carboxylic acids is 1.